The smallest absolute Gasteiger partial charge is 0.214 e. The second-order valence-corrected chi connectivity index (χ2v) is 11.4. The number of hydrogen-bond donors (Lipinski definition) is 1. The van der Waals surface area contributed by atoms with Crippen LogP contribution >= 0.6 is 0 Å². The monoisotopic (exact) mass is 458 g/mol. The van der Waals surface area contributed by atoms with Crippen LogP contribution in [0.3, 0.4) is 0 Å². The summed E-state index contributed by atoms with van der Waals surface area (Å²) in [7, 11) is -2.30. The van der Waals surface area contributed by atoms with Gasteiger partial charge in [-0.3, -0.25) is 0 Å². The number of anilines is 1. The third-order valence-electron chi connectivity index (χ3n) is 6.26. The molecule has 1 aliphatic rings. The molecule has 0 saturated carbocycles. The Bertz CT molecular complexity index is 1070. The van der Waals surface area contributed by atoms with Crippen molar-refractivity contribution in [2.24, 2.45) is 11.3 Å². The van der Waals surface area contributed by atoms with Crippen molar-refractivity contribution in [3.63, 3.8) is 0 Å². The number of nitrogens with zero attached hydrogens (tertiary/aromatic N) is 1. The molecule has 0 bridgehead atoms. The van der Waals surface area contributed by atoms with Crippen LogP contribution in [0.4, 0.5) is 5.69 Å². The van der Waals surface area contributed by atoms with Gasteiger partial charge in [0, 0.05) is 37.1 Å². The highest BCUT2D eigenvalue weighted by molar-refractivity contribution is 7.91. The molecule has 1 aromatic carbocycles. The van der Waals surface area contributed by atoms with Crippen LogP contribution in [-0.2, 0) is 14.6 Å². The number of ether oxygens (including phenoxy) is 2. The van der Waals surface area contributed by atoms with Crippen LogP contribution in [0.5, 0.6) is 5.88 Å². The quantitative estimate of drug-likeness (QED) is 0.463. The summed E-state index contributed by atoms with van der Waals surface area (Å²) in [5.74, 6) is 0.824. The largest absolute Gasteiger partial charge is 0.481 e. The Balaban J connectivity index is 1.97. The van der Waals surface area contributed by atoms with Crippen molar-refractivity contribution >= 4 is 15.5 Å². The zero-order valence-electron chi connectivity index (χ0n) is 19.4. The number of nitrogens with two attached hydrogens (primary N) is 1. The van der Waals surface area contributed by atoms with Gasteiger partial charge in [-0.25, -0.2) is 13.4 Å². The standard InChI is InChI=1S/C25H34N2O4S/c1-17(25(2,3)4)22(14-18-9-12-31-13-10-18)21-7-6-19(15-23(21)26)32(28,29)20-8-11-27-24(16-20)30-5/h6-8,11,15-16,18,22H,1,9-10,12-14,26H2,2-5H3. The fourth-order valence-electron chi connectivity index (χ4n) is 4.14. The molecule has 2 heterocycles. The molecular formula is C25H34N2O4S. The van der Waals surface area contributed by atoms with Gasteiger partial charge in [0.2, 0.25) is 15.7 Å². The summed E-state index contributed by atoms with van der Waals surface area (Å²) in [5, 5.41) is 0. The first-order valence-corrected chi connectivity index (χ1v) is 12.4. The van der Waals surface area contributed by atoms with Crippen molar-refractivity contribution in [3.05, 3.63) is 54.2 Å². The predicted molar refractivity (Wildman–Crippen MR) is 127 cm³/mol. The van der Waals surface area contributed by atoms with Gasteiger partial charge in [-0.15, -0.1) is 0 Å². The topological polar surface area (TPSA) is 91.5 Å². The molecule has 0 aliphatic carbocycles. The van der Waals surface area contributed by atoms with E-state index in [1.807, 2.05) is 6.07 Å². The Morgan fingerprint density at radius 2 is 1.88 bits per heavy atom. The van der Waals surface area contributed by atoms with Crippen LogP contribution in [0.1, 0.15) is 51.5 Å². The maximum Gasteiger partial charge on any atom is 0.214 e. The highest BCUT2D eigenvalue weighted by atomic mass is 32.2. The van der Waals surface area contributed by atoms with Crippen LogP contribution in [0.15, 0.2) is 58.5 Å². The fourth-order valence-corrected chi connectivity index (χ4v) is 5.44. The zero-order chi connectivity index (χ0) is 23.5. The summed E-state index contributed by atoms with van der Waals surface area (Å²) >= 11 is 0. The summed E-state index contributed by atoms with van der Waals surface area (Å²) in [4.78, 5) is 4.26. The minimum absolute atomic E-state index is 0.0517. The van der Waals surface area contributed by atoms with Gasteiger partial charge < -0.3 is 15.2 Å². The van der Waals surface area contributed by atoms with E-state index in [-0.39, 0.29) is 27.0 Å². The summed E-state index contributed by atoms with van der Waals surface area (Å²) < 4.78 is 36.9. The van der Waals surface area contributed by atoms with Crippen molar-refractivity contribution in [3.8, 4) is 5.88 Å². The van der Waals surface area contributed by atoms with Gasteiger partial charge >= 0.3 is 0 Å². The number of methoxy groups -OCH3 is 1. The SMILES string of the molecule is C=C(C(CC1CCOCC1)c1ccc(S(=O)(=O)c2ccnc(OC)c2)cc1N)C(C)(C)C. The molecule has 3 rings (SSSR count). The molecule has 1 atom stereocenters. The molecule has 1 fully saturated rings. The second-order valence-electron chi connectivity index (χ2n) is 9.45. The first-order valence-electron chi connectivity index (χ1n) is 11.0. The molecule has 0 radical (unpaired) electrons. The van der Waals surface area contributed by atoms with Gasteiger partial charge in [-0.1, -0.05) is 39.0 Å². The lowest BCUT2D eigenvalue weighted by Gasteiger charge is -2.34. The van der Waals surface area contributed by atoms with Gasteiger partial charge in [-0.05, 0) is 54.4 Å². The third-order valence-corrected chi connectivity index (χ3v) is 8.01. The maximum atomic E-state index is 13.2. The van der Waals surface area contributed by atoms with Crippen LogP contribution in [0.2, 0.25) is 0 Å². The predicted octanol–water partition coefficient (Wildman–Crippen LogP) is 5.01. The van der Waals surface area contributed by atoms with Crippen LogP contribution in [0, 0.1) is 11.3 Å². The van der Waals surface area contributed by atoms with Gasteiger partial charge in [0.15, 0.2) is 0 Å². The van der Waals surface area contributed by atoms with Crippen molar-refractivity contribution in [2.45, 2.75) is 55.7 Å². The number of benzene rings is 1. The number of sulfone groups is 1. The number of allylic oxidation sites excluding steroid dienone is 1. The van der Waals surface area contributed by atoms with Crippen molar-refractivity contribution < 1.29 is 17.9 Å². The summed E-state index contributed by atoms with van der Waals surface area (Å²) in [6, 6.07) is 7.92. The summed E-state index contributed by atoms with van der Waals surface area (Å²) in [5.41, 5.74) is 8.88. The van der Waals surface area contributed by atoms with E-state index >= 15 is 0 Å². The van der Waals surface area contributed by atoms with Crippen molar-refractivity contribution in [1.82, 2.24) is 4.98 Å². The Kier molecular flexibility index (Phi) is 7.30. The van der Waals surface area contributed by atoms with Crippen molar-refractivity contribution in [2.75, 3.05) is 26.1 Å². The first kappa shape index (κ1) is 24.3. The Labute approximate surface area is 191 Å². The fraction of sp³-hybridized carbons (Fsp3) is 0.480. The van der Waals surface area contributed by atoms with Crippen molar-refractivity contribution in [1.29, 1.82) is 0 Å². The molecule has 1 aromatic heterocycles. The molecule has 0 spiro atoms. The third kappa shape index (κ3) is 5.33. The van der Waals surface area contributed by atoms with Gasteiger partial charge in [0.1, 0.15) is 0 Å². The zero-order valence-corrected chi connectivity index (χ0v) is 20.2. The number of rotatable bonds is 7. The van der Waals surface area contributed by atoms with Gasteiger partial charge in [0.05, 0.1) is 16.9 Å². The second kappa shape index (κ2) is 9.63. The van der Waals surface area contributed by atoms with E-state index in [2.05, 4.69) is 32.3 Å². The van der Waals surface area contributed by atoms with E-state index < -0.39 is 9.84 Å². The summed E-state index contributed by atoms with van der Waals surface area (Å²) in [6.07, 6.45) is 4.38. The highest BCUT2D eigenvalue weighted by Gasteiger charge is 2.30. The number of hydrogen-bond acceptors (Lipinski definition) is 6. The highest BCUT2D eigenvalue weighted by Crippen LogP contribution is 2.43. The Morgan fingerprint density at radius 3 is 2.47 bits per heavy atom. The molecule has 174 valence electrons. The Hall–Kier alpha value is -2.38. The molecule has 32 heavy (non-hydrogen) atoms. The maximum absolute atomic E-state index is 13.2. The minimum Gasteiger partial charge on any atom is -0.481 e. The van der Waals surface area contributed by atoms with E-state index in [4.69, 9.17) is 15.2 Å². The van der Waals surface area contributed by atoms with E-state index in [0.717, 1.165) is 43.6 Å². The average molecular weight is 459 g/mol. The van der Waals surface area contributed by atoms with Crippen LogP contribution in [0.25, 0.3) is 0 Å². The molecule has 1 saturated heterocycles. The van der Waals surface area contributed by atoms with E-state index in [1.165, 1.54) is 25.4 Å². The molecule has 2 N–H and O–H groups in total. The normalized spacial score (nSPS) is 16.5. The van der Waals surface area contributed by atoms with Crippen LogP contribution < -0.4 is 10.5 Å². The molecular weight excluding hydrogens is 424 g/mol. The number of aromatic nitrogens is 1. The summed E-state index contributed by atoms with van der Waals surface area (Å²) in [6.45, 7) is 12.4. The van der Waals surface area contributed by atoms with E-state index in [0.29, 0.717) is 11.6 Å². The molecule has 1 unspecified atom stereocenters. The first-order chi connectivity index (χ1) is 15.0. The Morgan fingerprint density at radius 1 is 1.22 bits per heavy atom. The van der Waals surface area contributed by atoms with E-state index in [9.17, 15) is 8.42 Å². The van der Waals surface area contributed by atoms with Gasteiger partial charge in [-0.2, -0.15) is 0 Å². The lowest BCUT2D eigenvalue weighted by atomic mass is 9.72. The molecule has 2 aromatic rings. The lowest BCUT2D eigenvalue weighted by Crippen LogP contribution is -2.23. The van der Waals surface area contributed by atoms with Crippen LogP contribution in [-0.4, -0.2) is 33.7 Å². The average Bonchev–Trinajstić information content (AvgIpc) is 2.77. The number of pyridine rings is 1. The number of nitrogen functional groups attached to an aromatic ring is 1. The lowest BCUT2D eigenvalue weighted by molar-refractivity contribution is 0.0622. The molecule has 0 amide bonds. The minimum atomic E-state index is -3.75. The molecule has 1 aliphatic heterocycles. The van der Waals surface area contributed by atoms with E-state index in [1.54, 1.807) is 12.1 Å². The molecule has 7 heteroatoms. The molecule has 6 nitrogen and oxygen atoms in total. The van der Waals surface area contributed by atoms with Gasteiger partial charge in [0.25, 0.3) is 0 Å².